The van der Waals surface area contributed by atoms with E-state index in [1.165, 1.54) is 25.9 Å². The van der Waals surface area contributed by atoms with Gasteiger partial charge in [-0.3, -0.25) is 4.90 Å². The van der Waals surface area contributed by atoms with Gasteiger partial charge in [0, 0.05) is 42.3 Å². The van der Waals surface area contributed by atoms with E-state index in [-0.39, 0.29) is 5.54 Å². The van der Waals surface area contributed by atoms with Gasteiger partial charge >= 0.3 is 0 Å². The molecule has 0 amide bonds. The van der Waals surface area contributed by atoms with E-state index in [9.17, 15) is 4.55 Å². The normalized spacial score (nSPS) is 16.6. The fourth-order valence-electron chi connectivity index (χ4n) is 4.62. The first-order valence-corrected chi connectivity index (χ1v) is 14.1. The summed E-state index contributed by atoms with van der Waals surface area (Å²) >= 11 is -1.29. The predicted octanol–water partition coefficient (Wildman–Crippen LogP) is 4.80. The van der Waals surface area contributed by atoms with Gasteiger partial charge in [0.2, 0.25) is 5.95 Å². The zero-order valence-corrected chi connectivity index (χ0v) is 22.7. The molecule has 5 rings (SSSR count). The average molecular weight is 521 g/mol. The minimum absolute atomic E-state index is 0.243. The maximum Gasteiger partial charge on any atom is 0.229 e. The van der Waals surface area contributed by atoms with Crippen LogP contribution in [0.15, 0.2) is 59.6 Å². The van der Waals surface area contributed by atoms with Gasteiger partial charge in [0.25, 0.3) is 0 Å². The third-order valence-corrected chi connectivity index (χ3v) is 7.91. The van der Waals surface area contributed by atoms with Crippen LogP contribution in [0.1, 0.15) is 39.2 Å². The van der Waals surface area contributed by atoms with Crippen molar-refractivity contribution < 1.29 is 9.29 Å². The van der Waals surface area contributed by atoms with Crippen LogP contribution in [0, 0.1) is 0 Å². The van der Waals surface area contributed by atoms with E-state index in [1.807, 2.05) is 75.5 Å². The van der Waals surface area contributed by atoms with Crippen LogP contribution < -0.4 is 19.7 Å². The molecule has 3 aromatic rings. The zero-order valence-electron chi connectivity index (χ0n) is 21.9. The summed E-state index contributed by atoms with van der Waals surface area (Å²) in [5.74, 6) is 2.29. The summed E-state index contributed by atoms with van der Waals surface area (Å²) in [7, 11) is 0. The molecule has 0 radical (unpaired) electrons. The Morgan fingerprint density at radius 3 is 2.59 bits per heavy atom. The van der Waals surface area contributed by atoms with Crippen LogP contribution in [0.5, 0.6) is 5.75 Å². The van der Waals surface area contributed by atoms with Crippen molar-refractivity contribution in [3.05, 3.63) is 60.3 Å². The zero-order chi connectivity index (χ0) is 25.8. The molecule has 196 valence electrons. The number of hydrogen-bond acceptors (Lipinski definition) is 8. The summed E-state index contributed by atoms with van der Waals surface area (Å²) in [4.78, 5) is 14.7. The summed E-state index contributed by atoms with van der Waals surface area (Å²) in [5, 5.41) is 3.32. The third-order valence-electron chi connectivity index (χ3n) is 6.43. The second-order valence-corrected chi connectivity index (χ2v) is 11.8. The van der Waals surface area contributed by atoms with E-state index in [1.54, 1.807) is 0 Å². The van der Waals surface area contributed by atoms with Gasteiger partial charge < -0.3 is 19.5 Å². The third kappa shape index (κ3) is 6.73. The number of aromatic nitrogens is 2. The van der Waals surface area contributed by atoms with Crippen molar-refractivity contribution in [3.8, 4) is 5.75 Å². The number of nitrogens with zero attached hydrogens (tertiary/aromatic N) is 4. The lowest BCUT2D eigenvalue weighted by Crippen LogP contribution is -2.40. The lowest BCUT2D eigenvalue weighted by atomic mass is 10.1. The minimum Gasteiger partial charge on any atom is -0.593 e. The highest BCUT2D eigenvalue weighted by atomic mass is 32.2. The summed E-state index contributed by atoms with van der Waals surface area (Å²) in [6.07, 6.45) is 5.35. The number of nitrogens with one attached hydrogen (secondary N) is 2. The lowest BCUT2D eigenvalue weighted by Gasteiger charge is -2.23. The monoisotopic (exact) mass is 520 g/mol. The van der Waals surface area contributed by atoms with Crippen LogP contribution in [-0.2, 0) is 17.8 Å². The van der Waals surface area contributed by atoms with E-state index >= 15 is 0 Å². The molecule has 2 aliphatic heterocycles. The van der Waals surface area contributed by atoms with Crippen molar-refractivity contribution in [2.24, 2.45) is 0 Å². The number of benzene rings is 2. The molecule has 2 aliphatic rings. The molecular weight excluding hydrogens is 484 g/mol. The van der Waals surface area contributed by atoms with Crippen molar-refractivity contribution in [2.45, 2.75) is 50.5 Å². The van der Waals surface area contributed by atoms with Crippen molar-refractivity contribution in [1.82, 2.24) is 19.6 Å². The molecule has 37 heavy (non-hydrogen) atoms. The number of ether oxygens (including phenoxy) is 1. The van der Waals surface area contributed by atoms with Crippen molar-refractivity contribution in [3.63, 3.8) is 0 Å². The molecule has 9 heteroatoms. The highest BCUT2D eigenvalue weighted by Gasteiger charge is 2.26. The Hall–Kier alpha value is -2.85. The van der Waals surface area contributed by atoms with Gasteiger partial charge in [-0.25, -0.2) is 4.98 Å². The van der Waals surface area contributed by atoms with Crippen molar-refractivity contribution >= 4 is 34.5 Å². The van der Waals surface area contributed by atoms with Gasteiger partial charge in [0.05, 0.1) is 16.9 Å². The number of fused-ring (bicyclic) bond motifs is 1. The Balaban J connectivity index is 1.24. The molecule has 0 spiro atoms. The van der Waals surface area contributed by atoms with Crippen molar-refractivity contribution in [2.75, 3.05) is 43.0 Å². The van der Waals surface area contributed by atoms with Gasteiger partial charge in [-0.1, -0.05) is 6.07 Å². The molecule has 8 nitrogen and oxygen atoms in total. The largest absolute Gasteiger partial charge is 0.593 e. The Kier molecular flexibility index (Phi) is 7.85. The van der Waals surface area contributed by atoms with E-state index in [4.69, 9.17) is 9.72 Å². The second-order valence-electron chi connectivity index (χ2n) is 10.6. The molecule has 1 aromatic heterocycles. The van der Waals surface area contributed by atoms with Gasteiger partial charge in [-0.2, -0.15) is 4.98 Å². The van der Waals surface area contributed by atoms with Crippen LogP contribution in [-0.4, -0.2) is 57.7 Å². The van der Waals surface area contributed by atoms with E-state index < -0.39 is 11.4 Å². The smallest absolute Gasteiger partial charge is 0.229 e. The highest BCUT2D eigenvalue weighted by molar-refractivity contribution is 7.89. The molecule has 1 fully saturated rings. The maximum atomic E-state index is 12.8. The molecule has 1 atom stereocenters. The molecule has 3 heterocycles. The molecule has 1 saturated heterocycles. The second kappa shape index (κ2) is 11.3. The van der Waals surface area contributed by atoms with Crippen LogP contribution in [0.25, 0.3) is 0 Å². The van der Waals surface area contributed by atoms with Gasteiger partial charge in [0.1, 0.15) is 18.2 Å². The summed E-state index contributed by atoms with van der Waals surface area (Å²) < 4.78 is 21.9. The van der Waals surface area contributed by atoms with Gasteiger partial charge in [0.15, 0.2) is 4.90 Å². The minimum atomic E-state index is -1.29. The van der Waals surface area contributed by atoms with Gasteiger partial charge in [-0.15, -0.1) is 4.72 Å². The highest BCUT2D eigenvalue weighted by Crippen LogP contribution is 2.34. The standard InChI is InChI=1S/C28H36N6O2S/c1-28(2,3)32-37(35)25-8-6-7-23(19-25)34-16-13-21-20-29-27(31-26(21)34)30-22-9-11-24(12-10-22)36-18-17-33-14-4-5-15-33/h6-12,19-20,32H,4-5,13-18H2,1-3H3,(H,29,30,31). The summed E-state index contributed by atoms with van der Waals surface area (Å²) in [6.45, 7) is 10.9. The Morgan fingerprint density at radius 1 is 1.05 bits per heavy atom. The topological polar surface area (TPSA) is 88.6 Å². The van der Waals surface area contributed by atoms with E-state index in [0.29, 0.717) is 12.6 Å². The Bertz CT molecular complexity index is 1190. The fraction of sp³-hybridized carbons (Fsp3) is 0.429. The first-order valence-electron chi connectivity index (χ1n) is 13.0. The Labute approximate surface area is 222 Å². The van der Waals surface area contributed by atoms with Gasteiger partial charge in [-0.05, 0) is 89.5 Å². The Morgan fingerprint density at radius 2 is 1.84 bits per heavy atom. The predicted molar refractivity (Wildman–Crippen MR) is 149 cm³/mol. The molecule has 1 unspecified atom stereocenters. The summed E-state index contributed by atoms with van der Waals surface area (Å²) in [5.41, 5.74) is 2.74. The first kappa shape index (κ1) is 25.8. The fourth-order valence-corrected chi connectivity index (χ4v) is 5.73. The molecule has 0 saturated carbocycles. The number of anilines is 4. The lowest BCUT2D eigenvalue weighted by molar-refractivity contribution is 0.238. The number of likely N-dealkylation sites (tertiary alicyclic amines) is 1. The molecule has 0 aliphatic carbocycles. The molecule has 2 N–H and O–H groups in total. The average Bonchev–Trinajstić information content (AvgIpc) is 3.54. The number of hydrogen-bond donors (Lipinski definition) is 2. The van der Waals surface area contributed by atoms with Crippen LogP contribution in [0.2, 0.25) is 0 Å². The van der Waals surface area contributed by atoms with Crippen molar-refractivity contribution in [1.29, 1.82) is 0 Å². The quantitative estimate of drug-likeness (QED) is 0.389. The SMILES string of the molecule is CC(C)(C)N[S+]([O-])c1cccc(N2CCc3cnc(Nc4ccc(OCCN5CCCC5)cc4)nc32)c1. The van der Waals surface area contributed by atoms with E-state index in [2.05, 4.69) is 24.8 Å². The maximum absolute atomic E-state index is 12.8. The number of rotatable bonds is 9. The van der Waals surface area contributed by atoms with Crippen LogP contribution >= 0.6 is 0 Å². The van der Waals surface area contributed by atoms with E-state index in [0.717, 1.165) is 52.9 Å². The molecule has 2 aromatic carbocycles. The first-order chi connectivity index (χ1) is 17.8. The molecular formula is C28H36N6O2S. The molecule has 0 bridgehead atoms. The van der Waals surface area contributed by atoms with Crippen LogP contribution in [0.3, 0.4) is 0 Å². The van der Waals surface area contributed by atoms with Crippen LogP contribution in [0.4, 0.5) is 23.1 Å². The summed E-state index contributed by atoms with van der Waals surface area (Å²) in [6, 6.07) is 15.8.